The van der Waals surface area contributed by atoms with Gasteiger partial charge in [0.1, 0.15) is 0 Å². The quantitative estimate of drug-likeness (QED) is 0.725. The summed E-state index contributed by atoms with van der Waals surface area (Å²) in [7, 11) is -1.50. The Bertz CT molecular complexity index is 312. The number of hydrogen-bond donors (Lipinski definition) is 1. The number of sulfonamides is 1. The lowest BCUT2D eigenvalue weighted by Gasteiger charge is -2.29. The van der Waals surface area contributed by atoms with Gasteiger partial charge in [0.15, 0.2) is 0 Å². The van der Waals surface area contributed by atoms with Gasteiger partial charge in [-0.25, -0.2) is 12.7 Å². The Morgan fingerprint density at radius 3 is 2.29 bits per heavy atom. The summed E-state index contributed by atoms with van der Waals surface area (Å²) in [5.41, 5.74) is 5.45. The van der Waals surface area contributed by atoms with E-state index >= 15 is 0 Å². The zero-order valence-electron chi connectivity index (χ0n) is 11.9. The van der Waals surface area contributed by atoms with Crippen molar-refractivity contribution >= 4 is 10.0 Å². The van der Waals surface area contributed by atoms with Crippen LogP contribution in [0.5, 0.6) is 0 Å². The second-order valence-corrected chi connectivity index (χ2v) is 7.92. The van der Waals surface area contributed by atoms with Crippen LogP contribution in [-0.2, 0) is 10.0 Å². The van der Waals surface area contributed by atoms with Gasteiger partial charge in [-0.1, -0.05) is 34.1 Å². The third-order valence-corrected chi connectivity index (χ3v) is 5.02. The number of rotatable bonds is 8. The molecule has 0 aliphatic carbocycles. The Morgan fingerprint density at radius 1 is 1.35 bits per heavy atom. The summed E-state index contributed by atoms with van der Waals surface area (Å²) in [6.07, 6.45) is 1.97. The Balaban J connectivity index is 4.50. The normalized spacial score (nSPS) is 15.2. The first-order valence-electron chi connectivity index (χ1n) is 6.28. The van der Waals surface area contributed by atoms with E-state index in [0.29, 0.717) is 13.1 Å². The van der Waals surface area contributed by atoms with E-state index in [1.54, 1.807) is 7.05 Å². The van der Waals surface area contributed by atoms with E-state index in [9.17, 15) is 8.42 Å². The number of nitrogens with zero attached hydrogens (tertiary/aromatic N) is 1. The second kappa shape index (κ2) is 6.71. The monoisotopic (exact) mass is 264 g/mol. The summed E-state index contributed by atoms with van der Waals surface area (Å²) in [5.74, 6) is 0.450. The van der Waals surface area contributed by atoms with Crippen LogP contribution in [0.15, 0.2) is 0 Å². The molecule has 0 aromatic carbocycles. The fourth-order valence-electron chi connectivity index (χ4n) is 1.83. The minimum Gasteiger partial charge on any atom is -0.330 e. The molecule has 0 aliphatic rings. The van der Waals surface area contributed by atoms with Crippen molar-refractivity contribution in [3.63, 3.8) is 0 Å². The Kier molecular flexibility index (Phi) is 6.66. The first kappa shape index (κ1) is 16.9. The van der Waals surface area contributed by atoms with Crippen LogP contribution in [0.1, 0.15) is 40.5 Å². The standard InChI is InChI=1S/C12H28N2O2S/c1-6-7-11(2)8-17(15,16)14(5)10-12(3,4)9-13/h11H,6-10,13H2,1-5H3. The highest BCUT2D eigenvalue weighted by Crippen LogP contribution is 2.18. The predicted octanol–water partition coefficient (Wildman–Crippen LogP) is 1.67. The minimum atomic E-state index is -3.15. The van der Waals surface area contributed by atoms with Crippen LogP contribution in [0, 0.1) is 11.3 Å². The highest BCUT2D eigenvalue weighted by atomic mass is 32.2. The lowest BCUT2D eigenvalue weighted by molar-refractivity contribution is 0.290. The van der Waals surface area contributed by atoms with Gasteiger partial charge in [-0.15, -0.1) is 0 Å². The van der Waals surface area contributed by atoms with E-state index in [0.717, 1.165) is 12.8 Å². The molecule has 0 aliphatic heterocycles. The third-order valence-electron chi connectivity index (χ3n) is 2.95. The van der Waals surface area contributed by atoms with Crippen LogP contribution in [0.3, 0.4) is 0 Å². The van der Waals surface area contributed by atoms with Gasteiger partial charge in [-0.3, -0.25) is 0 Å². The Labute approximate surface area is 107 Å². The van der Waals surface area contributed by atoms with E-state index in [-0.39, 0.29) is 17.1 Å². The first-order chi connectivity index (χ1) is 7.64. The average molecular weight is 264 g/mol. The van der Waals surface area contributed by atoms with Crippen molar-refractivity contribution in [1.82, 2.24) is 4.31 Å². The maximum atomic E-state index is 12.1. The maximum absolute atomic E-state index is 12.1. The molecule has 4 nitrogen and oxygen atoms in total. The van der Waals surface area contributed by atoms with Gasteiger partial charge < -0.3 is 5.73 Å². The molecule has 17 heavy (non-hydrogen) atoms. The topological polar surface area (TPSA) is 63.4 Å². The van der Waals surface area contributed by atoms with Gasteiger partial charge in [0, 0.05) is 13.6 Å². The molecule has 0 bridgehead atoms. The molecular weight excluding hydrogens is 236 g/mol. The molecule has 0 fully saturated rings. The summed E-state index contributed by atoms with van der Waals surface area (Å²) in [4.78, 5) is 0. The van der Waals surface area contributed by atoms with E-state index in [1.807, 2.05) is 20.8 Å². The predicted molar refractivity (Wildman–Crippen MR) is 73.3 cm³/mol. The third kappa shape index (κ3) is 6.38. The molecule has 0 heterocycles. The molecule has 0 spiro atoms. The molecule has 104 valence electrons. The molecule has 2 N–H and O–H groups in total. The highest BCUT2D eigenvalue weighted by Gasteiger charge is 2.26. The largest absolute Gasteiger partial charge is 0.330 e. The summed E-state index contributed by atoms with van der Waals surface area (Å²) in [5, 5.41) is 0. The summed E-state index contributed by atoms with van der Waals surface area (Å²) >= 11 is 0. The fourth-order valence-corrected chi connectivity index (χ4v) is 3.52. The molecular formula is C12H28N2O2S. The van der Waals surface area contributed by atoms with Crippen LogP contribution >= 0.6 is 0 Å². The fraction of sp³-hybridized carbons (Fsp3) is 1.00. The Hall–Kier alpha value is -0.130. The average Bonchev–Trinajstić information content (AvgIpc) is 2.16. The summed E-state index contributed by atoms with van der Waals surface area (Å²) < 4.78 is 25.6. The lowest BCUT2D eigenvalue weighted by Crippen LogP contribution is -2.41. The van der Waals surface area contributed by atoms with Crippen molar-refractivity contribution in [2.24, 2.45) is 17.1 Å². The van der Waals surface area contributed by atoms with Gasteiger partial charge in [-0.05, 0) is 24.3 Å². The molecule has 1 unspecified atom stereocenters. The summed E-state index contributed by atoms with van der Waals surface area (Å²) in [6.45, 7) is 8.98. The van der Waals surface area contributed by atoms with E-state index in [4.69, 9.17) is 5.73 Å². The molecule has 1 atom stereocenters. The molecule has 5 heteroatoms. The zero-order valence-corrected chi connectivity index (χ0v) is 12.7. The molecule has 0 amide bonds. The van der Waals surface area contributed by atoms with Crippen molar-refractivity contribution in [3.8, 4) is 0 Å². The minimum absolute atomic E-state index is 0.171. The molecule has 0 radical (unpaired) electrons. The van der Waals surface area contributed by atoms with E-state index < -0.39 is 10.0 Å². The maximum Gasteiger partial charge on any atom is 0.214 e. The van der Waals surface area contributed by atoms with Crippen molar-refractivity contribution in [2.45, 2.75) is 40.5 Å². The lowest BCUT2D eigenvalue weighted by atomic mass is 9.94. The van der Waals surface area contributed by atoms with Crippen molar-refractivity contribution in [3.05, 3.63) is 0 Å². The van der Waals surface area contributed by atoms with Gasteiger partial charge in [0.2, 0.25) is 10.0 Å². The van der Waals surface area contributed by atoms with E-state index in [1.165, 1.54) is 4.31 Å². The number of hydrogen-bond acceptors (Lipinski definition) is 3. The van der Waals surface area contributed by atoms with Gasteiger partial charge in [0.25, 0.3) is 0 Å². The highest BCUT2D eigenvalue weighted by molar-refractivity contribution is 7.89. The van der Waals surface area contributed by atoms with Crippen molar-refractivity contribution < 1.29 is 8.42 Å². The van der Waals surface area contributed by atoms with Crippen LogP contribution in [0.25, 0.3) is 0 Å². The van der Waals surface area contributed by atoms with Gasteiger partial charge >= 0.3 is 0 Å². The van der Waals surface area contributed by atoms with E-state index in [2.05, 4.69) is 6.92 Å². The van der Waals surface area contributed by atoms with Gasteiger partial charge in [-0.2, -0.15) is 0 Å². The van der Waals surface area contributed by atoms with Crippen LogP contribution < -0.4 is 5.73 Å². The van der Waals surface area contributed by atoms with Crippen molar-refractivity contribution in [1.29, 1.82) is 0 Å². The van der Waals surface area contributed by atoms with Crippen LogP contribution in [0.2, 0.25) is 0 Å². The van der Waals surface area contributed by atoms with Crippen LogP contribution in [0.4, 0.5) is 0 Å². The second-order valence-electron chi connectivity index (χ2n) is 5.80. The SMILES string of the molecule is CCCC(C)CS(=O)(=O)N(C)CC(C)(C)CN. The van der Waals surface area contributed by atoms with Crippen LogP contribution in [-0.4, -0.2) is 38.6 Å². The van der Waals surface area contributed by atoms with Crippen molar-refractivity contribution in [2.75, 3.05) is 25.9 Å². The zero-order chi connectivity index (χ0) is 13.7. The molecule has 0 saturated heterocycles. The first-order valence-corrected chi connectivity index (χ1v) is 7.89. The number of nitrogens with two attached hydrogens (primary N) is 1. The molecule has 0 saturated carbocycles. The molecule has 0 rings (SSSR count). The molecule has 0 aromatic heterocycles. The van der Waals surface area contributed by atoms with Gasteiger partial charge in [0.05, 0.1) is 5.75 Å². The smallest absolute Gasteiger partial charge is 0.214 e. The molecule has 0 aromatic rings. The summed E-state index contributed by atoms with van der Waals surface area (Å²) in [6, 6.07) is 0. The Morgan fingerprint density at radius 2 is 1.88 bits per heavy atom.